The lowest BCUT2D eigenvalue weighted by Crippen LogP contribution is -2.32. The maximum Gasteiger partial charge on any atom is 0.295 e. The molecule has 0 saturated carbocycles. The van der Waals surface area contributed by atoms with Crippen molar-refractivity contribution in [1.82, 2.24) is 4.90 Å². The lowest BCUT2D eigenvalue weighted by molar-refractivity contribution is -0.140. The van der Waals surface area contributed by atoms with Crippen molar-refractivity contribution in [2.45, 2.75) is 13.0 Å². The Kier molecular flexibility index (Phi) is 5.25. The Morgan fingerprint density at radius 3 is 2.27 bits per heavy atom. The Bertz CT molecular complexity index is 872. The first-order valence-electron chi connectivity index (χ1n) is 8.16. The zero-order valence-corrected chi connectivity index (χ0v) is 15.7. The molecule has 6 heteroatoms. The number of aliphatic hydroxyl groups excluding tert-OH is 2. The standard InChI is InChI=1S/C20H18BrNO4/c1-12-2-4-13(5-3-12)17-16(19(25)20(26)22(17)10-11-23)18(24)14-6-8-15(21)9-7-14/h2-9,17,23-24H,10-11H2,1H3/b18-16+/t17-/m1/s1. The van der Waals surface area contributed by atoms with Crippen LogP contribution in [0, 0.1) is 6.92 Å². The van der Waals surface area contributed by atoms with Crippen LogP contribution in [0.1, 0.15) is 22.7 Å². The number of Topliss-reactive ketones (excluding diaryl/α,β-unsaturated/α-hetero) is 1. The topological polar surface area (TPSA) is 77.8 Å². The number of likely N-dealkylation sites (tertiary alicyclic amines) is 1. The van der Waals surface area contributed by atoms with E-state index in [2.05, 4.69) is 15.9 Å². The molecule has 0 bridgehead atoms. The van der Waals surface area contributed by atoms with Gasteiger partial charge in [0.15, 0.2) is 0 Å². The molecule has 26 heavy (non-hydrogen) atoms. The summed E-state index contributed by atoms with van der Waals surface area (Å²) >= 11 is 3.33. The van der Waals surface area contributed by atoms with Gasteiger partial charge in [0.05, 0.1) is 18.2 Å². The number of amides is 1. The summed E-state index contributed by atoms with van der Waals surface area (Å²) in [6, 6.07) is 13.5. The molecule has 3 rings (SSSR count). The number of carbonyl (C=O) groups excluding carboxylic acids is 2. The number of hydrogen-bond donors (Lipinski definition) is 2. The van der Waals surface area contributed by atoms with E-state index in [4.69, 9.17) is 0 Å². The van der Waals surface area contributed by atoms with Crippen LogP contribution in [-0.4, -0.2) is 40.0 Å². The quantitative estimate of drug-likeness (QED) is 0.456. The maximum absolute atomic E-state index is 12.6. The van der Waals surface area contributed by atoms with E-state index in [1.807, 2.05) is 31.2 Å². The first-order valence-corrected chi connectivity index (χ1v) is 8.95. The van der Waals surface area contributed by atoms with E-state index in [9.17, 15) is 19.8 Å². The van der Waals surface area contributed by atoms with E-state index < -0.39 is 17.7 Å². The van der Waals surface area contributed by atoms with E-state index in [1.165, 1.54) is 4.90 Å². The highest BCUT2D eigenvalue weighted by molar-refractivity contribution is 9.10. The largest absolute Gasteiger partial charge is 0.507 e. The number of aryl methyl sites for hydroxylation is 1. The molecule has 1 atom stereocenters. The van der Waals surface area contributed by atoms with Gasteiger partial charge in [-0.05, 0) is 24.6 Å². The predicted molar refractivity (Wildman–Crippen MR) is 101 cm³/mol. The average Bonchev–Trinajstić information content (AvgIpc) is 2.88. The second kappa shape index (κ2) is 7.43. The second-order valence-electron chi connectivity index (χ2n) is 6.13. The van der Waals surface area contributed by atoms with Gasteiger partial charge in [-0.1, -0.05) is 57.9 Å². The summed E-state index contributed by atoms with van der Waals surface area (Å²) in [6.07, 6.45) is 0. The first kappa shape index (κ1) is 18.4. The zero-order valence-electron chi connectivity index (χ0n) is 14.1. The van der Waals surface area contributed by atoms with Crippen molar-refractivity contribution in [1.29, 1.82) is 0 Å². The Balaban J connectivity index is 2.17. The molecule has 0 unspecified atom stereocenters. The third-order valence-corrected chi connectivity index (χ3v) is 4.92. The number of carbonyl (C=O) groups is 2. The molecule has 1 fully saturated rings. The number of benzene rings is 2. The van der Waals surface area contributed by atoms with Crippen LogP contribution in [0.15, 0.2) is 58.6 Å². The molecule has 0 aliphatic carbocycles. The number of nitrogens with zero attached hydrogens (tertiary/aromatic N) is 1. The molecule has 1 amide bonds. The van der Waals surface area contributed by atoms with Crippen LogP contribution in [0.3, 0.4) is 0 Å². The lowest BCUT2D eigenvalue weighted by Gasteiger charge is -2.24. The van der Waals surface area contributed by atoms with Gasteiger partial charge < -0.3 is 15.1 Å². The third-order valence-electron chi connectivity index (χ3n) is 4.39. The van der Waals surface area contributed by atoms with Crippen molar-refractivity contribution in [3.8, 4) is 0 Å². The maximum atomic E-state index is 12.6. The fourth-order valence-electron chi connectivity index (χ4n) is 3.08. The fourth-order valence-corrected chi connectivity index (χ4v) is 3.34. The third kappa shape index (κ3) is 3.30. The van der Waals surface area contributed by atoms with Crippen molar-refractivity contribution in [2.75, 3.05) is 13.2 Å². The minimum absolute atomic E-state index is 0.0141. The smallest absolute Gasteiger partial charge is 0.295 e. The van der Waals surface area contributed by atoms with Crippen molar-refractivity contribution in [2.24, 2.45) is 0 Å². The first-order chi connectivity index (χ1) is 12.4. The minimum atomic E-state index is -0.746. The number of ketones is 1. The number of β-amino-alcohol motifs (C(OH)–C–C–N with tert-alkyl or cyclic N) is 1. The van der Waals surface area contributed by atoms with Crippen molar-refractivity contribution in [3.63, 3.8) is 0 Å². The van der Waals surface area contributed by atoms with Gasteiger partial charge in [-0.3, -0.25) is 9.59 Å². The molecule has 2 N–H and O–H groups in total. The van der Waals surface area contributed by atoms with Gasteiger partial charge in [0, 0.05) is 16.6 Å². The van der Waals surface area contributed by atoms with Crippen LogP contribution in [-0.2, 0) is 9.59 Å². The predicted octanol–water partition coefficient (Wildman–Crippen LogP) is 3.17. The Labute approximate surface area is 159 Å². The van der Waals surface area contributed by atoms with E-state index in [1.54, 1.807) is 24.3 Å². The Morgan fingerprint density at radius 2 is 1.69 bits per heavy atom. The van der Waals surface area contributed by atoms with Gasteiger partial charge in [-0.25, -0.2) is 0 Å². The molecule has 0 spiro atoms. The number of halogens is 1. The van der Waals surface area contributed by atoms with Crippen molar-refractivity contribution < 1.29 is 19.8 Å². The van der Waals surface area contributed by atoms with Gasteiger partial charge in [0.2, 0.25) is 0 Å². The molecule has 2 aromatic rings. The number of hydrogen-bond acceptors (Lipinski definition) is 4. The van der Waals surface area contributed by atoms with Gasteiger partial charge in [0.1, 0.15) is 5.76 Å². The van der Waals surface area contributed by atoms with Gasteiger partial charge in [0.25, 0.3) is 11.7 Å². The highest BCUT2D eigenvalue weighted by Gasteiger charge is 2.45. The summed E-state index contributed by atoms with van der Waals surface area (Å²) in [4.78, 5) is 26.4. The lowest BCUT2D eigenvalue weighted by atomic mass is 9.95. The normalized spacial score (nSPS) is 19.2. The highest BCUT2D eigenvalue weighted by atomic mass is 79.9. The number of aliphatic hydroxyl groups is 2. The zero-order chi connectivity index (χ0) is 18.8. The van der Waals surface area contributed by atoms with E-state index >= 15 is 0 Å². The van der Waals surface area contributed by atoms with Crippen LogP contribution < -0.4 is 0 Å². The molecular weight excluding hydrogens is 398 g/mol. The molecular formula is C20H18BrNO4. The monoisotopic (exact) mass is 415 g/mol. The molecule has 134 valence electrons. The molecule has 5 nitrogen and oxygen atoms in total. The van der Waals surface area contributed by atoms with Gasteiger partial charge >= 0.3 is 0 Å². The Hall–Kier alpha value is -2.44. The molecule has 0 radical (unpaired) electrons. The Morgan fingerprint density at radius 1 is 1.08 bits per heavy atom. The highest BCUT2D eigenvalue weighted by Crippen LogP contribution is 2.39. The van der Waals surface area contributed by atoms with Crippen molar-refractivity contribution >= 4 is 33.4 Å². The number of rotatable bonds is 4. The summed E-state index contributed by atoms with van der Waals surface area (Å²) < 4.78 is 0.838. The molecule has 1 aliphatic heterocycles. The van der Waals surface area contributed by atoms with E-state index in [-0.39, 0.29) is 24.5 Å². The summed E-state index contributed by atoms with van der Waals surface area (Å²) in [5.74, 6) is -1.69. The summed E-state index contributed by atoms with van der Waals surface area (Å²) in [5, 5.41) is 20.1. The van der Waals surface area contributed by atoms with E-state index in [0.717, 1.165) is 10.0 Å². The summed E-state index contributed by atoms with van der Waals surface area (Å²) in [6.45, 7) is 1.68. The van der Waals surface area contributed by atoms with Crippen LogP contribution in [0.5, 0.6) is 0 Å². The average molecular weight is 416 g/mol. The van der Waals surface area contributed by atoms with Crippen LogP contribution in [0.25, 0.3) is 5.76 Å². The van der Waals surface area contributed by atoms with Crippen LogP contribution in [0.4, 0.5) is 0 Å². The molecule has 1 heterocycles. The molecule has 1 saturated heterocycles. The molecule has 2 aromatic carbocycles. The van der Waals surface area contributed by atoms with Crippen LogP contribution >= 0.6 is 15.9 Å². The van der Waals surface area contributed by atoms with Crippen LogP contribution in [0.2, 0.25) is 0 Å². The minimum Gasteiger partial charge on any atom is -0.507 e. The van der Waals surface area contributed by atoms with Gasteiger partial charge in [-0.2, -0.15) is 0 Å². The molecule has 1 aliphatic rings. The molecule has 0 aromatic heterocycles. The van der Waals surface area contributed by atoms with Gasteiger partial charge in [-0.15, -0.1) is 0 Å². The SMILES string of the molecule is Cc1ccc([C@@H]2/C(=C(\O)c3ccc(Br)cc3)C(=O)C(=O)N2CCO)cc1. The summed E-state index contributed by atoms with van der Waals surface area (Å²) in [7, 11) is 0. The van der Waals surface area contributed by atoms with E-state index in [0.29, 0.717) is 11.1 Å². The fraction of sp³-hybridized carbons (Fsp3) is 0.200. The van der Waals surface area contributed by atoms with Crippen molar-refractivity contribution in [3.05, 3.63) is 75.3 Å². The second-order valence-corrected chi connectivity index (χ2v) is 7.05. The summed E-state index contributed by atoms with van der Waals surface area (Å²) in [5.41, 5.74) is 2.24.